The van der Waals surface area contributed by atoms with Crippen molar-refractivity contribution in [3.8, 4) is 0 Å². The summed E-state index contributed by atoms with van der Waals surface area (Å²) in [6.45, 7) is 2.78. The fourth-order valence-corrected chi connectivity index (χ4v) is 3.76. The molecule has 2 N–H and O–H groups in total. The molecule has 1 aromatic carbocycles. The zero-order valence-electron chi connectivity index (χ0n) is 14.6. The number of rotatable bonds is 3. The normalized spacial score (nSPS) is 23.7. The Bertz CT molecular complexity index is 581. The quantitative estimate of drug-likeness (QED) is 0.888. The number of amides is 2. The number of piperidine rings is 2. The third-order valence-electron chi connectivity index (χ3n) is 5.09. The largest absolute Gasteiger partial charge is 0.342 e. The molecule has 2 amide bonds. The second-order valence-corrected chi connectivity index (χ2v) is 7.03. The molecule has 0 bridgehead atoms. The zero-order chi connectivity index (χ0) is 16.9. The fourth-order valence-electron chi connectivity index (χ4n) is 3.76. The zero-order valence-corrected chi connectivity index (χ0v) is 15.4. The summed E-state index contributed by atoms with van der Waals surface area (Å²) >= 11 is 0. The molecule has 1 aromatic rings. The predicted molar refractivity (Wildman–Crippen MR) is 100 cm³/mol. The molecule has 0 aromatic heterocycles. The minimum atomic E-state index is -0.0660. The molecule has 3 rings (SSSR count). The van der Waals surface area contributed by atoms with E-state index in [1.165, 1.54) is 0 Å². The lowest BCUT2D eigenvalue weighted by Crippen LogP contribution is -2.51. The summed E-state index contributed by atoms with van der Waals surface area (Å²) in [5.41, 5.74) is 7.02. The van der Waals surface area contributed by atoms with Gasteiger partial charge in [0.05, 0.1) is 12.3 Å². The van der Waals surface area contributed by atoms with Gasteiger partial charge in [0.25, 0.3) is 0 Å². The fraction of sp³-hybridized carbons (Fsp3) is 0.579. The van der Waals surface area contributed by atoms with Crippen molar-refractivity contribution in [3.05, 3.63) is 35.9 Å². The maximum Gasteiger partial charge on any atom is 0.227 e. The Morgan fingerprint density at radius 2 is 1.68 bits per heavy atom. The molecule has 2 unspecified atom stereocenters. The topological polar surface area (TPSA) is 66.6 Å². The average Bonchev–Trinajstić information content (AvgIpc) is 2.62. The minimum Gasteiger partial charge on any atom is -0.342 e. The third-order valence-corrected chi connectivity index (χ3v) is 5.09. The van der Waals surface area contributed by atoms with Crippen molar-refractivity contribution in [1.29, 1.82) is 0 Å². The van der Waals surface area contributed by atoms with Gasteiger partial charge in [0, 0.05) is 32.2 Å². The summed E-state index contributed by atoms with van der Waals surface area (Å²) in [5.74, 6) is 0.236. The second kappa shape index (κ2) is 9.20. The van der Waals surface area contributed by atoms with Gasteiger partial charge in [-0.25, -0.2) is 0 Å². The van der Waals surface area contributed by atoms with Gasteiger partial charge in [0.1, 0.15) is 0 Å². The van der Waals surface area contributed by atoms with E-state index in [1.54, 1.807) is 0 Å². The van der Waals surface area contributed by atoms with E-state index in [4.69, 9.17) is 5.73 Å². The van der Waals surface area contributed by atoms with Crippen molar-refractivity contribution < 1.29 is 9.59 Å². The number of hydrogen-bond donors (Lipinski definition) is 1. The van der Waals surface area contributed by atoms with Crippen LogP contribution in [0.15, 0.2) is 30.3 Å². The van der Waals surface area contributed by atoms with E-state index < -0.39 is 0 Å². The molecule has 138 valence electrons. The van der Waals surface area contributed by atoms with Crippen LogP contribution < -0.4 is 5.73 Å². The van der Waals surface area contributed by atoms with E-state index in [2.05, 4.69) is 0 Å². The molecule has 2 saturated heterocycles. The Morgan fingerprint density at radius 1 is 1.00 bits per heavy atom. The molecular formula is C19H28ClN3O2. The number of carbonyl (C=O) groups excluding carboxylic acids is 2. The van der Waals surface area contributed by atoms with E-state index in [0.717, 1.165) is 44.3 Å². The molecule has 0 spiro atoms. The first-order chi connectivity index (χ1) is 11.6. The Morgan fingerprint density at radius 3 is 2.40 bits per heavy atom. The molecule has 25 heavy (non-hydrogen) atoms. The molecule has 5 nitrogen and oxygen atoms in total. The molecule has 2 aliphatic rings. The van der Waals surface area contributed by atoms with Crippen LogP contribution in [0.25, 0.3) is 0 Å². The molecule has 2 aliphatic heterocycles. The third kappa shape index (κ3) is 5.19. The van der Waals surface area contributed by atoms with Crippen molar-refractivity contribution in [2.75, 3.05) is 26.2 Å². The van der Waals surface area contributed by atoms with Crippen LogP contribution in [0.3, 0.4) is 0 Å². The van der Waals surface area contributed by atoms with Crippen LogP contribution in [-0.4, -0.2) is 53.8 Å². The van der Waals surface area contributed by atoms with Crippen LogP contribution in [0.1, 0.15) is 31.2 Å². The van der Waals surface area contributed by atoms with Gasteiger partial charge in [0.15, 0.2) is 0 Å². The van der Waals surface area contributed by atoms with Crippen molar-refractivity contribution in [3.63, 3.8) is 0 Å². The highest BCUT2D eigenvalue weighted by atomic mass is 35.5. The van der Waals surface area contributed by atoms with Gasteiger partial charge in [-0.05, 0) is 31.2 Å². The van der Waals surface area contributed by atoms with Gasteiger partial charge < -0.3 is 15.5 Å². The van der Waals surface area contributed by atoms with Crippen LogP contribution >= 0.6 is 12.4 Å². The lowest BCUT2D eigenvalue weighted by molar-refractivity contribution is -0.141. The first-order valence-corrected chi connectivity index (χ1v) is 8.99. The SMILES string of the molecule is Cl.NC1CCCN(C(=O)C2CCCN(C(=O)Cc3ccccc3)C2)C1. The number of nitrogens with zero attached hydrogens (tertiary/aromatic N) is 2. The van der Waals surface area contributed by atoms with Gasteiger partial charge >= 0.3 is 0 Å². The number of carbonyl (C=O) groups is 2. The summed E-state index contributed by atoms with van der Waals surface area (Å²) in [4.78, 5) is 29.1. The van der Waals surface area contributed by atoms with Crippen molar-refractivity contribution in [2.24, 2.45) is 11.7 Å². The van der Waals surface area contributed by atoms with E-state index >= 15 is 0 Å². The maximum absolute atomic E-state index is 12.8. The predicted octanol–water partition coefficient (Wildman–Crippen LogP) is 1.84. The molecule has 2 atom stereocenters. The van der Waals surface area contributed by atoms with Crippen LogP contribution in [0.4, 0.5) is 0 Å². The van der Waals surface area contributed by atoms with Crippen LogP contribution in [0, 0.1) is 5.92 Å². The van der Waals surface area contributed by atoms with E-state index in [-0.39, 0.29) is 36.2 Å². The Labute approximate surface area is 155 Å². The summed E-state index contributed by atoms with van der Waals surface area (Å²) in [6.07, 6.45) is 4.17. The number of likely N-dealkylation sites (tertiary alicyclic amines) is 2. The summed E-state index contributed by atoms with van der Waals surface area (Å²) in [5, 5.41) is 0. The Balaban J connectivity index is 0.00000225. The van der Waals surface area contributed by atoms with Gasteiger partial charge in [0.2, 0.25) is 11.8 Å². The molecule has 6 heteroatoms. The molecular weight excluding hydrogens is 338 g/mol. The van der Waals surface area contributed by atoms with Gasteiger partial charge in [-0.15, -0.1) is 12.4 Å². The minimum absolute atomic E-state index is 0. The number of benzene rings is 1. The highest BCUT2D eigenvalue weighted by Gasteiger charge is 2.32. The monoisotopic (exact) mass is 365 g/mol. The maximum atomic E-state index is 12.8. The van der Waals surface area contributed by atoms with Gasteiger partial charge in [-0.2, -0.15) is 0 Å². The standard InChI is InChI=1S/C19H27N3O2.ClH/c20-17-9-5-11-22(14-17)19(24)16-8-4-10-21(13-16)18(23)12-15-6-2-1-3-7-15;/h1-3,6-7,16-17H,4-5,8-14,20H2;1H. The lowest BCUT2D eigenvalue weighted by atomic mass is 9.94. The van der Waals surface area contributed by atoms with E-state index in [1.807, 2.05) is 40.1 Å². The van der Waals surface area contributed by atoms with Crippen LogP contribution in [-0.2, 0) is 16.0 Å². The van der Waals surface area contributed by atoms with E-state index in [9.17, 15) is 9.59 Å². The number of nitrogens with two attached hydrogens (primary N) is 1. The molecule has 2 heterocycles. The van der Waals surface area contributed by atoms with Crippen LogP contribution in [0.2, 0.25) is 0 Å². The van der Waals surface area contributed by atoms with E-state index in [0.29, 0.717) is 19.5 Å². The highest BCUT2D eigenvalue weighted by molar-refractivity contribution is 5.85. The molecule has 0 aliphatic carbocycles. The molecule has 0 saturated carbocycles. The average molecular weight is 366 g/mol. The van der Waals surface area contributed by atoms with Gasteiger partial charge in [-0.1, -0.05) is 30.3 Å². The lowest BCUT2D eigenvalue weighted by Gasteiger charge is -2.37. The van der Waals surface area contributed by atoms with Crippen LogP contribution in [0.5, 0.6) is 0 Å². The Hall–Kier alpha value is -1.59. The number of halogens is 1. The first-order valence-electron chi connectivity index (χ1n) is 8.99. The van der Waals surface area contributed by atoms with Crippen molar-refractivity contribution in [1.82, 2.24) is 9.80 Å². The molecule has 0 radical (unpaired) electrons. The second-order valence-electron chi connectivity index (χ2n) is 7.03. The molecule has 2 fully saturated rings. The van der Waals surface area contributed by atoms with Crippen molar-refractivity contribution >= 4 is 24.2 Å². The highest BCUT2D eigenvalue weighted by Crippen LogP contribution is 2.21. The Kier molecular flexibility index (Phi) is 7.26. The number of hydrogen-bond acceptors (Lipinski definition) is 3. The summed E-state index contributed by atoms with van der Waals surface area (Å²) in [7, 11) is 0. The first kappa shape index (κ1) is 19.7. The van der Waals surface area contributed by atoms with Crippen molar-refractivity contribution in [2.45, 2.75) is 38.1 Å². The summed E-state index contributed by atoms with van der Waals surface area (Å²) < 4.78 is 0. The summed E-state index contributed by atoms with van der Waals surface area (Å²) in [6, 6.07) is 9.89. The van der Waals surface area contributed by atoms with Gasteiger partial charge in [-0.3, -0.25) is 9.59 Å². The smallest absolute Gasteiger partial charge is 0.227 e.